The molecule has 1 fully saturated rings. The predicted octanol–water partition coefficient (Wildman–Crippen LogP) is 2.82. The number of nitrogens with zero attached hydrogens (tertiary/aromatic N) is 4. The van der Waals surface area contributed by atoms with Gasteiger partial charge in [-0.3, -0.25) is 0 Å². The maximum Gasteiger partial charge on any atom is 0.231 e. The van der Waals surface area contributed by atoms with Gasteiger partial charge in [-0.2, -0.15) is 15.0 Å². The van der Waals surface area contributed by atoms with Gasteiger partial charge in [0, 0.05) is 19.1 Å². The van der Waals surface area contributed by atoms with Crippen LogP contribution in [0.15, 0.2) is 0 Å². The zero-order valence-corrected chi connectivity index (χ0v) is 13.3. The maximum absolute atomic E-state index is 5.84. The lowest BCUT2D eigenvalue weighted by Crippen LogP contribution is -2.27. The summed E-state index contributed by atoms with van der Waals surface area (Å²) in [5, 5.41) is 3.46. The molecule has 1 saturated carbocycles. The van der Waals surface area contributed by atoms with Crippen molar-refractivity contribution in [2.45, 2.75) is 64.8 Å². The number of rotatable bonds is 5. The molecule has 0 amide bonds. The molecule has 1 aromatic rings. The standard InChI is InChI=1S/C15H28N6/c1-3-21(4-2)15-19-13(16)18-14(20-15)17-12-10-8-6-5-7-9-11-12/h12H,3-11H2,1-2H3,(H3,16,17,18,19,20). The molecule has 0 bridgehead atoms. The van der Waals surface area contributed by atoms with Crippen molar-refractivity contribution in [3.05, 3.63) is 0 Å². The minimum Gasteiger partial charge on any atom is -0.368 e. The molecule has 2 rings (SSSR count). The second kappa shape index (κ2) is 8.00. The molecule has 0 aliphatic heterocycles. The zero-order chi connectivity index (χ0) is 15.1. The lowest BCUT2D eigenvalue weighted by atomic mass is 9.97. The number of nitrogen functional groups attached to an aromatic ring is 1. The van der Waals surface area contributed by atoms with Crippen LogP contribution in [0.2, 0.25) is 0 Å². The summed E-state index contributed by atoms with van der Waals surface area (Å²) in [4.78, 5) is 15.1. The first kappa shape index (κ1) is 15.8. The molecule has 0 atom stereocenters. The van der Waals surface area contributed by atoms with Crippen LogP contribution in [0, 0.1) is 0 Å². The number of anilines is 3. The van der Waals surface area contributed by atoms with E-state index in [0.29, 0.717) is 23.9 Å². The van der Waals surface area contributed by atoms with E-state index in [1.165, 1.54) is 44.9 Å². The molecule has 0 aromatic carbocycles. The van der Waals surface area contributed by atoms with E-state index >= 15 is 0 Å². The summed E-state index contributed by atoms with van der Waals surface area (Å²) in [6, 6.07) is 0.455. The number of nitrogens with two attached hydrogens (primary N) is 1. The van der Waals surface area contributed by atoms with Crippen molar-refractivity contribution >= 4 is 17.8 Å². The summed E-state index contributed by atoms with van der Waals surface area (Å²) in [5.41, 5.74) is 5.84. The van der Waals surface area contributed by atoms with Gasteiger partial charge in [-0.05, 0) is 26.7 Å². The van der Waals surface area contributed by atoms with Crippen LogP contribution in [-0.4, -0.2) is 34.1 Å². The van der Waals surface area contributed by atoms with Gasteiger partial charge < -0.3 is 16.0 Å². The van der Waals surface area contributed by atoms with E-state index in [1.807, 2.05) is 0 Å². The summed E-state index contributed by atoms with van der Waals surface area (Å²) in [6.07, 6.45) is 8.97. The van der Waals surface area contributed by atoms with Crippen LogP contribution >= 0.6 is 0 Å². The molecule has 0 radical (unpaired) electrons. The monoisotopic (exact) mass is 292 g/mol. The molecule has 0 saturated heterocycles. The number of nitrogens with one attached hydrogen (secondary N) is 1. The van der Waals surface area contributed by atoms with E-state index in [1.54, 1.807) is 0 Å². The van der Waals surface area contributed by atoms with Crippen LogP contribution in [0.1, 0.15) is 58.8 Å². The molecule has 3 N–H and O–H groups in total. The van der Waals surface area contributed by atoms with E-state index in [-0.39, 0.29) is 0 Å². The summed E-state index contributed by atoms with van der Waals surface area (Å²) in [6.45, 7) is 5.91. The van der Waals surface area contributed by atoms with E-state index in [0.717, 1.165) is 13.1 Å². The minimum atomic E-state index is 0.292. The highest BCUT2D eigenvalue weighted by atomic mass is 15.3. The van der Waals surface area contributed by atoms with E-state index < -0.39 is 0 Å². The lowest BCUT2D eigenvalue weighted by molar-refractivity contribution is 0.470. The van der Waals surface area contributed by atoms with Crippen molar-refractivity contribution in [3.63, 3.8) is 0 Å². The van der Waals surface area contributed by atoms with Gasteiger partial charge in [0.25, 0.3) is 0 Å². The van der Waals surface area contributed by atoms with Crippen molar-refractivity contribution in [1.29, 1.82) is 0 Å². The highest BCUT2D eigenvalue weighted by Gasteiger charge is 2.15. The summed E-state index contributed by atoms with van der Waals surface area (Å²) < 4.78 is 0. The first-order chi connectivity index (χ1) is 10.2. The molecule has 0 spiro atoms. The van der Waals surface area contributed by atoms with Crippen LogP contribution in [0.3, 0.4) is 0 Å². The fraction of sp³-hybridized carbons (Fsp3) is 0.800. The Morgan fingerprint density at radius 1 is 1.00 bits per heavy atom. The molecule has 6 nitrogen and oxygen atoms in total. The fourth-order valence-corrected chi connectivity index (χ4v) is 2.88. The Hall–Kier alpha value is -1.59. The second-order valence-electron chi connectivity index (χ2n) is 5.68. The third-order valence-corrected chi connectivity index (χ3v) is 4.13. The first-order valence-corrected chi connectivity index (χ1v) is 8.26. The van der Waals surface area contributed by atoms with Crippen LogP contribution in [0.5, 0.6) is 0 Å². The van der Waals surface area contributed by atoms with Crippen molar-refractivity contribution in [2.24, 2.45) is 0 Å². The number of hydrogen-bond acceptors (Lipinski definition) is 6. The molecular formula is C15H28N6. The molecule has 118 valence electrons. The number of hydrogen-bond donors (Lipinski definition) is 2. The van der Waals surface area contributed by atoms with Crippen molar-refractivity contribution in [1.82, 2.24) is 15.0 Å². The van der Waals surface area contributed by atoms with Crippen LogP contribution in [-0.2, 0) is 0 Å². The summed E-state index contributed by atoms with van der Waals surface area (Å²) in [5.74, 6) is 1.58. The Balaban J connectivity index is 2.07. The van der Waals surface area contributed by atoms with Gasteiger partial charge >= 0.3 is 0 Å². The highest BCUT2D eigenvalue weighted by Crippen LogP contribution is 2.20. The fourth-order valence-electron chi connectivity index (χ4n) is 2.88. The average molecular weight is 292 g/mol. The summed E-state index contributed by atoms with van der Waals surface area (Å²) in [7, 11) is 0. The first-order valence-electron chi connectivity index (χ1n) is 8.26. The largest absolute Gasteiger partial charge is 0.368 e. The smallest absolute Gasteiger partial charge is 0.231 e. The van der Waals surface area contributed by atoms with Gasteiger partial charge in [0.2, 0.25) is 17.8 Å². The van der Waals surface area contributed by atoms with Gasteiger partial charge in [0.15, 0.2) is 0 Å². The molecule has 21 heavy (non-hydrogen) atoms. The topological polar surface area (TPSA) is 80.0 Å². The highest BCUT2D eigenvalue weighted by molar-refractivity contribution is 5.42. The van der Waals surface area contributed by atoms with Crippen molar-refractivity contribution < 1.29 is 0 Å². The molecule has 6 heteroatoms. The van der Waals surface area contributed by atoms with Crippen LogP contribution in [0.25, 0.3) is 0 Å². The molecule has 1 aromatic heterocycles. The molecule has 0 unspecified atom stereocenters. The Morgan fingerprint density at radius 3 is 2.24 bits per heavy atom. The Morgan fingerprint density at radius 2 is 1.62 bits per heavy atom. The molecule has 1 heterocycles. The average Bonchev–Trinajstić information content (AvgIpc) is 2.42. The summed E-state index contributed by atoms with van der Waals surface area (Å²) >= 11 is 0. The zero-order valence-electron chi connectivity index (χ0n) is 13.3. The third kappa shape index (κ3) is 4.72. The van der Waals surface area contributed by atoms with Crippen molar-refractivity contribution in [3.8, 4) is 0 Å². The van der Waals surface area contributed by atoms with Crippen LogP contribution < -0.4 is 16.0 Å². The van der Waals surface area contributed by atoms with E-state index in [4.69, 9.17) is 5.73 Å². The Labute approximate surface area is 127 Å². The Bertz CT molecular complexity index is 424. The molecular weight excluding hydrogens is 264 g/mol. The minimum absolute atomic E-state index is 0.292. The Kier molecular flexibility index (Phi) is 6.02. The lowest BCUT2D eigenvalue weighted by Gasteiger charge is -2.23. The molecule has 1 aliphatic rings. The van der Waals surface area contributed by atoms with Crippen molar-refractivity contribution in [2.75, 3.05) is 29.0 Å². The SMILES string of the molecule is CCN(CC)c1nc(N)nc(NC2CCCCCCC2)n1. The van der Waals surface area contributed by atoms with Gasteiger partial charge in [0.05, 0.1) is 0 Å². The second-order valence-corrected chi connectivity index (χ2v) is 5.68. The van der Waals surface area contributed by atoms with Gasteiger partial charge in [-0.25, -0.2) is 0 Å². The van der Waals surface area contributed by atoms with E-state index in [9.17, 15) is 0 Å². The van der Waals surface area contributed by atoms with Gasteiger partial charge in [0.1, 0.15) is 0 Å². The molecule has 1 aliphatic carbocycles. The van der Waals surface area contributed by atoms with E-state index in [2.05, 4.69) is 39.0 Å². The third-order valence-electron chi connectivity index (χ3n) is 4.13. The quantitative estimate of drug-likeness (QED) is 0.868. The predicted molar refractivity (Wildman–Crippen MR) is 87.5 cm³/mol. The maximum atomic E-state index is 5.84. The van der Waals surface area contributed by atoms with Crippen LogP contribution in [0.4, 0.5) is 17.8 Å². The van der Waals surface area contributed by atoms with Gasteiger partial charge in [-0.1, -0.05) is 32.1 Å². The number of aromatic nitrogens is 3. The van der Waals surface area contributed by atoms with Gasteiger partial charge in [-0.15, -0.1) is 0 Å². The normalized spacial score (nSPS) is 17.0.